The normalized spacial score (nSPS) is 17.7. The Kier molecular flexibility index (Phi) is 4.57. The number of aromatic amines is 1. The van der Waals surface area contributed by atoms with Crippen molar-refractivity contribution in [3.63, 3.8) is 0 Å². The average molecular weight is 341 g/mol. The lowest BCUT2D eigenvalue weighted by Gasteiger charge is -2.40. The molecule has 2 aromatic heterocycles. The minimum Gasteiger partial charge on any atom is -0.354 e. The molecule has 0 saturated carbocycles. The number of anilines is 1. The van der Waals surface area contributed by atoms with Crippen LogP contribution < -0.4 is 4.90 Å². The van der Waals surface area contributed by atoms with Crippen LogP contribution in [0.4, 0.5) is 5.82 Å². The summed E-state index contributed by atoms with van der Waals surface area (Å²) in [5.41, 5.74) is 2.62. The first kappa shape index (κ1) is 17.1. The molecule has 1 unspecified atom stereocenters. The van der Waals surface area contributed by atoms with Crippen LogP contribution >= 0.6 is 0 Å². The van der Waals surface area contributed by atoms with E-state index < -0.39 is 0 Å². The maximum Gasteiger partial charge on any atom is 0.270 e. The number of ketones is 1. The van der Waals surface area contributed by atoms with Crippen molar-refractivity contribution in [1.29, 1.82) is 0 Å². The van der Waals surface area contributed by atoms with E-state index in [0.717, 1.165) is 17.1 Å². The summed E-state index contributed by atoms with van der Waals surface area (Å²) in [5, 5.41) is 0. The number of aromatic nitrogens is 3. The zero-order chi connectivity index (χ0) is 18.1. The van der Waals surface area contributed by atoms with Gasteiger partial charge in [-0.25, -0.2) is 4.98 Å². The molecule has 1 atom stereocenters. The molecular weight excluding hydrogens is 318 g/mol. The highest BCUT2D eigenvalue weighted by Crippen LogP contribution is 2.22. The highest BCUT2D eigenvalue weighted by molar-refractivity contribution is 6.02. The molecule has 0 spiro atoms. The topological polar surface area (TPSA) is 82.2 Å². The van der Waals surface area contributed by atoms with Gasteiger partial charge in [-0.3, -0.25) is 14.6 Å². The van der Waals surface area contributed by atoms with Gasteiger partial charge in [0.15, 0.2) is 5.78 Å². The predicted molar refractivity (Wildman–Crippen MR) is 95.0 cm³/mol. The number of amides is 1. The van der Waals surface area contributed by atoms with Gasteiger partial charge in [-0.2, -0.15) is 0 Å². The Morgan fingerprint density at radius 1 is 1.24 bits per heavy atom. The summed E-state index contributed by atoms with van der Waals surface area (Å²) in [7, 11) is 0. The van der Waals surface area contributed by atoms with E-state index in [9.17, 15) is 9.59 Å². The Morgan fingerprint density at radius 2 is 2.00 bits per heavy atom. The van der Waals surface area contributed by atoms with Crippen LogP contribution in [0.15, 0.2) is 18.6 Å². The molecule has 132 valence electrons. The number of hydrogen-bond acceptors (Lipinski definition) is 5. The molecule has 7 nitrogen and oxygen atoms in total. The number of rotatable bonds is 3. The van der Waals surface area contributed by atoms with Crippen molar-refractivity contribution in [3.05, 3.63) is 41.1 Å². The van der Waals surface area contributed by atoms with E-state index in [0.29, 0.717) is 30.9 Å². The number of nitrogens with zero attached hydrogens (tertiary/aromatic N) is 4. The van der Waals surface area contributed by atoms with Crippen molar-refractivity contribution in [1.82, 2.24) is 19.9 Å². The number of Topliss-reactive ketones (excluding diaryl/α,β-unsaturated/α-hetero) is 1. The fraction of sp³-hybridized carbons (Fsp3) is 0.444. The van der Waals surface area contributed by atoms with Gasteiger partial charge in [0.25, 0.3) is 5.91 Å². The smallest absolute Gasteiger partial charge is 0.270 e. The number of carbonyl (C=O) groups excluding carboxylic acids is 2. The van der Waals surface area contributed by atoms with Crippen LogP contribution in [0, 0.1) is 13.8 Å². The van der Waals surface area contributed by atoms with Gasteiger partial charge in [0.2, 0.25) is 0 Å². The molecular formula is C18H23N5O2. The number of H-pyrrole nitrogens is 1. The van der Waals surface area contributed by atoms with Gasteiger partial charge in [0.1, 0.15) is 11.5 Å². The fourth-order valence-corrected chi connectivity index (χ4v) is 3.57. The van der Waals surface area contributed by atoms with Crippen LogP contribution in [0.2, 0.25) is 0 Å². The standard InChI is InChI=1S/C18H23N5O2/c1-11-10-22(7-8-23(11)15-9-19-5-6-20-15)18(25)17-12(2)16(14(4)24)13(3)21-17/h5-6,9,11,21H,7-8,10H2,1-4H3. The molecule has 0 radical (unpaired) electrons. The van der Waals surface area contributed by atoms with E-state index in [1.807, 2.05) is 18.7 Å². The first-order chi connectivity index (χ1) is 11.9. The zero-order valence-corrected chi connectivity index (χ0v) is 15.0. The van der Waals surface area contributed by atoms with E-state index in [4.69, 9.17) is 0 Å². The summed E-state index contributed by atoms with van der Waals surface area (Å²) in [4.78, 5) is 40.3. The van der Waals surface area contributed by atoms with Gasteiger partial charge in [0.05, 0.1) is 6.20 Å². The Balaban J connectivity index is 1.78. The SMILES string of the molecule is CC(=O)c1c(C)[nH]c(C(=O)N2CCN(c3cnccn3)C(C)C2)c1C. The van der Waals surface area contributed by atoms with Crippen LogP contribution in [0.25, 0.3) is 0 Å². The number of aryl methyl sites for hydroxylation is 1. The third-order valence-corrected chi connectivity index (χ3v) is 4.76. The van der Waals surface area contributed by atoms with Gasteiger partial charge in [0, 0.05) is 49.3 Å². The van der Waals surface area contributed by atoms with E-state index in [1.54, 1.807) is 18.6 Å². The summed E-state index contributed by atoms with van der Waals surface area (Å²) in [6.45, 7) is 9.15. The van der Waals surface area contributed by atoms with Crippen LogP contribution in [0.3, 0.4) is 0 Å². The molecule has 1 amide bonds. The minimum atomic E-state index is -0.0567. The van der Waals surface area contributed by atoms with E-state index in [1.165, 1.54) is 6.92 Å². The van der Waals surface area contributed by atoms with Crippen LogP contribution in [0.5, 0.6) is 0 Å². The molecule has 7 heteroatoms. The average Bonchev–Trinajstić information content (AvgIpc) is 2.89. The molecule has 2 aromatic rings. The zero-order valence-electron chi connectivity index (χ0n) is 15.0. The molecule has 1 aliphatic rings. The maximum absolute atomic E-state index is 12.9. The third-order valence-electron chi connectivity index (χ3n) is 4.76. The Bertz CT molecular complexity index is 799. The second-order valence-electron chi connectivity index (χ2n) is 6.54. The summed E-state index contributed by atoms with van der Waals surface area (Å²) in [6, 6.07) is 0.137. The predicted octanol–water partition coefficient (Wildman–Crippen LogP) is 1.98. The number of nitrogens with one attached hydrogen (secondary N) is 1. The highest BCUT2D eigenvalue weighted by atomic mass is 16.2. The first-order valence-corrected chi connectivity index (χ1v) is 8.42. The molecule has 1 fully saturated rings. The summed E-state index contributed by atoms with van der Waals surface area (Å²) in [5.74, 6) is 0.748. The summed E-state index contributed by atoms with van der Waals surface area (Å²) in [6.07, 6.45) is 5.07. The lowest BCUT2D eigenvalue weighted by molar-refractivity contribution is 0.0720. The summed E-state index contributed by atoms with van der Waals surface area (Å²) < 4.78 is 0. The third kappa shape index (κ3) is 3.14. The van der Waals surface area contributed by atoms with Crippen molar-refractivity contribution in [3.8, 4) is 0 Å². The second kappa shape index (κ2) is 6.66. The Morgan fingerprint density at radius 3 is 2.56 bits per heavy atom. The van der Waals surface area contributed by atoms with Crippen molar-refractivity contribution in [2.45, 2.75) is 33.7 Å². The van der Waals surface area contributed by atoms with Gasteiger partial charge in [-0.1, -0.05) is 0 Å². The molecule has 3 heterocycles. The second-order valence-corrected chi connectivity index (χ2v) is 6.54. The van der Waals surface area contributed by atoms with E-state index >= 15 is 0 Å². The molecule has 1 aliphatic heterocycles. The summed E-state index contributed by atoms with van der Waals surface area (Å²) >= 11 is 0. The molecule has 0 aromatic carbocycles. The fourth-order valence-electron chi connectivity index (χ4n) is 3.57. The Hall–Kier alpha value is -2.70. The first-order valence-electron chi connectivity index (χ1n) is 8.42. The van der Waals surface area contributed by atoms with Gasteiger partial charge >= 0.3 is 0 Å². The van der Waals surface area contributed by atoms with Crippen LogP contribution in [-0.2, 0) is 0 Å². The van der Waals surface area contributed by atoms with Crippen molar-refractivity contribution < 1.29 is 9.59 Å². The van der Waals surface area contributed by atoms with Crippen LogP contribution in [-0.4, -0.2) is 57.2 Å². The van der Waals surface area contributed by atoms with Crippen LogP contribution in [0.1, 0.15) is 46.0 Å². The molecule has 25 heavy (non-hydrogen) atoms. The number of carbonyl (C=O) groups is 2. The number of piperazine rings is 1. The van der Waals surface area contributed by atoms with Gasteiger partial charge in [-0.05, 0) is 33.3 Å². The van der Waals surface area contributed by atoms with Gasteiger partial charge in [-0.15, -0.1) is 0 Å². The molecule has 3 rings (SSSR count). The molecule has 0 bridgehead atoms. The highest BCUT2D eigenvalue weighted by Gasteiger charge is 2.30. The maximum atomic E-state index is 12.9. The minimum absolute atomic E-state index is 0.0221. The van der Waals surface area contributed by atoms with Crippen molar-refractivity contribution in [2.24, 2.45) is 0 Å². The van der Waals surface area contributed by atoms with E-state index in [2.05, 4.69) is 26.8 Å². The lowest BCUT2D eigenvalue weighted by atomic mass is 10.1. The monoisotopic (exact) mass is 341 g/mol. The van der Waals surface area contributed by atoms with Crippen molar-refractivity contribution >= 4 is 17.5 Å². The van der Waals surface area contributed by atoms with Crippen molar-refractivity contribution in [2.75, 3.05) is 24.5 Å². The quantitative estimate of drug-likeness (QED) is 0.863. The lowest BCUT2D eigenvalue weighted by Crippen LogP contribution is -2.54. The van der Waals surface area contributed by atoms with Gasteiger partial charge < -0.3 is 14.8 Å². The largest absolute Gasteiger partial charge is 0.354 e. The molecule has 1 N–H and O–H groups in total. The molecule has 0 aliphatic carbocycles. The Labute approximate surface area is 147 Å². The number of hydrogen-bond donors (Lipinski definition) is 1. The molecule has 1 saturated heterocycles. The van der Waals surface area contributed by atoms with E-state index in [-0.39, 0.29) is 17.7 Å².